The average Bonchev–Trinajstić information content (AvgIpc) is 2.62. The van der Waals surface area contributed by atoms with Gasteiger partial charge in [-0.15, -0.1) is 0 Å². The summed E-state index contributed by atoms with van der Waals surface area (Å²) in [6.07, 6.45) is 0. The van der Waals surface area contributed by atoms with Crippen molar-refractivity contribution >= 4 is 7.60 Å². The van der Waals surface area contributed by atoms with Crippen LogP contribution in [0.4, 0.5) is 0 Å². The summed E-state index contributed by atoms with van der Waals surface area (Å²) in [6.45, 7) is 8.70. The monoisotopic (exact) mass is 405 g/mol. The molecule has 0 radical (unpaired) electrons. The van der Waals surface area contributed by atoms with Gasteiger partial charge in [0.2, 0.25) is 0 Å². The SMILES string of the molecule is CCOP(=O)(O)[C@@H](O)[C@@H](N(Cc1ccccc1)Cc1ccccc1)C(C)(C)C. The van der Waals surface area contributed by atoms with Crippen molar-refractivity contribution in [3.63, 3.8) is 0 Å². The van der Waals surface area contributed by atoms with E-state index in [1.807, 2.05) is 81.4 Å². The lowest BCUT2D eigenvalue weighted by molar-refractivity contribution is 0.00349. The molecule has 0 spiro atoms. The summed E-state index contributed by atoms with van der Waals surface area (Å²) in [7, 11) is -4.19. The third-order valence-electron chi connectivity index (χ3n) is 4.67. The first-order valence-electron chi connectivity index (χ1n) is 9.62. The van der Waals surface area contributed by atoms with Crippen molar-refractivity contribution in [3.8, 4) is 0 Å². The summed E-state index contributed by atoms with van der Waals surface area (Å²) in [4.78, 5) is 12.4. The first-order chi connectivity index (χ1) is 13.1. The zero-order valence-corrected chi connectivity index (χ0v) is 18.0. The van der Waals surface area contributed by atoms with Crippen LogP contribution in [0.25, 0.3) is 0 Å². The van der Waals surface area contributed by atoms with Gasteiger partial charge in [-0.2, -0.15) is 0 Å². The maximum atomic E-state index is 12.7. The molecule has 0 amide bonds. The molecule has 5 nitrogen and oxygen atoms in total. The minimum atomic E-state index is -4.19. The van der Waals surface area contributed by atoms with E-state index in [0.717, 1.165) is 11.1 Å². The van der Waals surface area contributed by atoms with Gasteiger partial charge in [-0.05, 0) is 23.5 Å². The van der Waals surface area contributed by atoms with E-state index in [4.69, 9.17) is 4.52 Å². The van der Waals surface area contributed by atoms with Gasteiger partial charge in [0.15, 0.2) is 5.85 Å². The van der Waals surface area contributed by atoms with Crippen LogP contribution in [-0.4, -0.2) is 33.4 Å². The summed E-state index contributed by atoms with van der Waals surface area (Å²) in [6, 6.07) is 19.3. The number of aliphatic hydroxyl groups excluding tert-OH is 1. The Kier molecular flexibility index (Phi) is 7.99. The lowest BCUT2D eigenvalue weighted by Crippen LogP contribution is -2.50. The van der Waals surface area contributed by atoms with Gasteiger partial charge in [0, 0.05) is 13.1 Å². The van der Waals surface area contributed by atoms with E-state index < -0.39 is 24.9 Å². The van der Waals surface area contributed by atoms with Gasteiger partial charge in [-0.3, -0.25) is 9.46 Å². The van der Waals surface area contributed by atoms with Gasteiger partial charge in [0.1, 0.15) is 0 Å². The fraction of sp³-hybridized carbons (Fsp3) is 0.455. The van der Waals surface area contributed by atoms with Gasteiger partial charge in [-0.1, -0.05) is 81.4 Å². The second-order valence-electron chi connectivity index (χ2n) is 8.08. The van der Waals surface area contributed by atoms with Crippen LogP contribution >= 0.6 is 7.60 Å². The predicted octanol–water partition coefficient (Wildman–Crippen LogP) is 4.64. The molecule has 0 aliphatic heterocycles. The molecule has 0 aliphatic carbocycles. The van der Waals surface area contributed by atoms with E-state index in [2.05, 4.69) is 4.90 Å². The van der Waals surface area contributed by atoms with Crippen LogP contribution in [0, 0.1) is 5.41 Å². The second-order valence-corrected chi connectivity index (χ2v) is 10.00. The number of aliphatic hydroxyl groups is 1. The normalized spacial score (nSPS) is 16.5. The van der Waals surface area contributed by atoms with Crippen LogP contribution < -0.4 is 0 Å². The molecular weight excluding hydrogens is 373 g/mol. The van der Waals surface area contributed by atoms with E-state index in [0.29, 0.717) is 13.1 Å². The largest absolute Gasteiger partial charge is 0.379 e. The highest BCUT2D eigenvalue weighted by Crippen LogP contribution is 2.51. The molecule has 0 saturated heterocycles. The minimum absolute atomic E-state index is 0.0685. The molecule has 6 heteroatoms. The van der Waals surface area contributed by atoms with Crippen molar-refractivity contribution in [2.45, 2.75) is 52.7 Å². The molecule has 154 valence electrons. The van der Waals surface area contributed by atoms with E-state index >= 15 is 0 Å². The fourth-order valence-corrected chi connectivity index (χ4v) is 5.03. The van der Waals surface area contributed by atoms with Crippen LogP contribution in [0.2, 0.25) is 0 Å². The molecule has 0 saturated carbocycles. The number of hydrogen-bond acceptors (Lipinski definition) is 4. The minimum Gasteiger partial charge on any atom is -0.379 e. The maximum absolute atomic E-state index is 12.7. The first-order valence-corrected chi connectivity index (χ1v) is 11.3. The fourth-order valence-electron chi connectivity index (χ4n) is 3.51. The average molecular weight is 405 g/mol. The summed E-state index contributed by atoms with van der Waals surface area (Å²) in [5, 5.41) is 11.0. The van der Waals surface area contributed by atoms with Crippen molar-refractivity contribution in [2.24, 2.45) is 5.41 Å². The molecule has 0 aromatic heterocycles. The van der Waals surface area contributed by atoms with E-state index in [1.54, 1.807) is 6.92 Å². The summed E-state index contributed by atoms with van der Waals surface area (Å²) >= 11 is 0. The molecule has 0 fully saturated rings. The topological polar surface area (TPSA) is 70.0 Å². The lowest BCUT2D eigenvalue weighted by Gasteiger charge is -2.43. The molecule has 2 N–H and O–H groups in total. The third kappa shape index (κ3) is 6.26. The number of hydrogen-bond donors (Lipinski definition) is 2. The van der Waals surface area contributed by atoms with Gasteiger partial charge in [0.25, 0.3) is 0 Å². The van der Waals surface area contributed by atoms with Crippen molar-refractivity contribution < 1.29 is 19.1 Å². The molecule has 0 heterocycles. The smallest absolute Gasteiger partial charge is 0.357 e. The van der Waals surface area contributed by atoms with Crippen molar-refractivity contribution in [3.05, 3.63) is 71.8 Å². The summed E-state index contributed by atoms with van der Waals surface area (Å²) in [5.74, 6) is -1.51. The molecular formula is C22H32NO4P. The highest BCUT2D eigenvalue weighted by atomic mass is 31.2. The second kappa shape index (κ2) is 9.82. The van der Waals surface area contributed by atoms with Gasteiger partial charge < -0.3 is 14.5 Å². The molecule has 3 atom stereocenters. The highest BCUT2D eigenvalue weighted by Gasteiger charge is 2.45. The molecule has 0 bridgehead atoms. The lowest BCUT2D eigenvalue weighted by atomic mass is 9.85. The molecule has 1 unspecified atom stereocenters. The summed E-state index contributed by atoms with van der Waals surface area (Å²) < 4.78 is 17.7. The first kappa shape index (κ1) is 22.8. The number of benzene rings is 2. The molecule has 0 aliphatic rings. The standard InChI is InChI=1S/C22H32NO4P/c1-5-27-28(25,26)21(24)20(22(2,3)4)23(16-18-12-8-6-9-13-18)17-19-14-10-7-11-15-19/h6-15,20-21,24H,5,16-17H2,1-4H3,(H,25,26)/t20-,21-/m1/s1. The van der Waals surface area contributed by atoms with Gasteiger partial charge >= 0.3 is 7.60 Å². The van der Waals surface area contributed by atoms with Crippen LogP contribution in [0.1, 0.15) is 38.8 Å². The van der Waals surface area contributed by atoms with E-state index in [1.165, 1.54) is 0 Å². The van der Waals surface area contributed by atoms with Crippen molar-refractivity contribution in [2.75, 3.05) is 6.61 Å². The van der Waals surface area contributed by atoms with Gasteiger partial charge in [0.05, 0.1) is 12.6 Å². The summed E-state index contributed by atoms with van der Waals surface area (Å²) in [5.41, 5.74) is 1.69. The van der Waals surface area contributed by atoms with Crippen molar-refractivity contribution in [1.29, 1.82) is 0 Å². The Morgan fingerprint density at radius 1 is 0.964 bits per heavy atom. The van der Waals surface area contributed by atoms with E-state index in [9.17, 15) is 14.6 Å². The van der Waals surface area contributed by atoms with Crippen molar-refractivity contribution in [1.82, 2.24) is 4.90 Å². The Bertz CT molecular complexity index is 720. The molecule has 2 rings (SSSR count). The Hall–Kier alpha value is -1.49. The number of nitrogens with zero attached hydrogens (tertiary/aromatic N) is 1. The quantitative estimate of drug-likeness (QED) is 0.595. The van der Waals surface area contributed by atoms with Crippen LogP contribution in [0.15, 0.2) is 60.7 Å². The molecule has 2 aromatic carbocycles. The Balaban J connectivity index is 2.43. The zero-order chi connectivity index (χ0) is 20.8. The van der Waals surface area contributed by atoms with Crippen LogP contribution in [-0.2, 0) is 22.2 Å². The maximum Gasteiger partial charge on any atom is 0.357 e. The Labute approximate surface area is 168 Å². The Morgan fingerprint density at radius 3 is 1.75 bits per heavy atom. The van der Waals surface area contributed by atoms with Crippen LogP contribution in [0.3, 0.4) is 0 Å². The molecule has 2 aromatic rings. The molecule has 28 heavy (non-hydrogen) atoms. The van der Waals surface area contributed by atoms with Crippen LogP contribution in [0.5, 0.6) is 0 Å². The number of rotatable bonds is 9. The van der Waals surface area contributed by atoms with Gasteiger partial charge in [-0.25, -0.2) is 0 Å². The highest BCUT2D eigenvalue weighted by molar-refractivity contribution is 7.53. The predicted molar refractivity (Wildman–Crippen MR) is 113 cm³/mol. The van der Waals surface area contributed by atoms with E-state index in [-0.39, 0.29) is 6.61 Å². The Morgan fingerprint density at radius 2 is 1.39 bits per heavy atom. The third-order valence-corrected chi connectivity index (χ3v) is 6.25. The zero-order valence-electron chi connectivity index (χ0n) is 17.2.